The van der Waals surface area contributed by atoms with Gasteiger partial charge in [-0.3, -0.25) is 0 Å². The molecule has 1 N–H and O–H groups in total. The summed E-state index contributed by atoms with van der Waals surface area (Å²) in [4.78, 5) is 9.44. The average Bonchev–Trinajstić information content (AvgIpc) is 2.74. The fourth-order valence-electron chi connectivity index (χ4n) is 2.84. The highest BCUT2D eigenvalue weighted by Gasteiger charge is 2.10. The van der Waals surface area contributed by atoms with Gasteiger partial charge in [-0.05, 0) is 31.5 Å². The molecule has 0 amide bonds. The number of rotatable bonds is 5. The number of hydrogen-bond acceptors (Lipinski definition) is 3. The van der Waals surface area contributed by atoms with E-state index in [-0.39, 0.29) is 5.75 Å². The minimum atomic E-state index is 0.107. The number of aliphatic imine (C=N–C) groups is 2. The molecule has 0 fully saturated rings. The molecule has 0 aliphatic carbocycles. The smallest absolute Gasteiger partial charge is 0.160 e. The van der Waals surface area contributed by atoms with Gasteiger partial charge in [-0.2, -0.15) is 0 Å². The number of methoxy groups -OCH3 is 1. The number of nitrogens with zero attached hydrogens (tertiary/aromatic N) is 2. The molecule has 0 saturated heterocycles. The van der Waals surface area contributed by atoms with Crippen LogP contribution in [0.1, 0.15) is 29.2 Å². The summed E-state index contributed by atoms with van der Waals surface area (Å²) in [5.74, 6) is 1.23. The van der Waals surface area contributed by atoms with Crippen LogP contribution in [0.4, 0.5) is 0 Å². The van der Waals surface area contributed by atoms with E-state index >= 15 is 0 Å². The summed E-state index contributed by atoms with van der Waals surface area (Å²) in [5, 5.41) is 10.4. The van der Waals surface area contributed by atoms with E-state index in [0.717, 1.165) is 16.7 Å². The third-order valence-electron chi connectivity index (χ3n) is 4.53. The highest BCUT2D eigenvalue weighted by atomic mass is 16.5. The largest absolute Gasteiger partial charge is 0.507 e. The molecule has 3 aromatic carbocycles. The molecule has 0 atom stereocenters. The second kappa shape index (κ2) is 9.02. The summed E-state index contributed by atoms with van der Waals surface area (Å²) >= 11 is 0. The minimum absolute atomic E-state index is 0.107. The Morgan fingerprint density at radius 1 is 0.897 bits per heavy atom. The molecule has 0 aliphatic rings. The summed E-state index contributed by atoms with van der Waals surface area (Å²) in [6.07, 6.45) is 0. The highest BCUT2D eigenvalue weighted by Crippen LogP contribution is 2.24. The quantitative estimate of drug-likeness (QED) is 0.457. The zero-order valence-corrected chi connectivity index (χ0v) is 16.9. The van der Waals surface area contributed by atoms with Crippen LogP contribution in [0.3, 0.4) is 0 Å². The molecule has 3 aromatic rings. The lowest BCUT2D eigenvalue weighted by atomic mass is 10.1. The fraction of sp³-hybridized carbons (Fsp3) is 0.120. The number of amidine groups is 1. The van der Waals surface area contributed by atoms with Crippen LogP contribution in [-0.4, -0.2) is 23.8 Å². The van der Waals surface area contributed by atoms with E-state index in [2.05, 4.69) is 6.58 Å². The number of ether oxygens (including phenoxy) is 1. The summed E-state index contributed by atoms with van der Waals surface area (Å²) in [6.45, 7) is 7.98. The third kappa shape index (κ3) is 4.99. The number of benzene rings is 3. The standard InChI is InChI=1S/C25H24N2O2/c1-17-10-12-21(13-11-17)25(26-18(2)20-8-6-5-7-9-20)27-19(3)23-15-14-22(29-4)16-24(23)28/h5-16,28H,2H2,1,3-4H3. The van der Waals surface area contributed by atoms with Crippen LogP contribution in [0, 0.1) is 6.92 Å². The van der Waals surface area contributed by atoms with Gasteiger partial charge in [0, 0.05) is 17.2 Å². The highest BCUT2D eigenvalue weighted by molar-refractivity contribution is 6.13. The van der Waals surface area contributed by atoms with E-state index < -0.39 is 0 Å². The SMILES string of the molecule is C=C(N=C(N=C(C)c1ccc(OC)cc1O)c1ccc(C)cc1)c1ccccc1. The van der Waals surface area contributed by atoms with Crippen molar-refractivity contribution in [1.29, 1.82) is 0 Å². The van der Waals surface area contributed by atoms with Gasteiger partial charge in [0.05, 0.1) is 18.5 Å². The van der Waals surface area contributed by atoms with Crippen molar-refractivity contribution in [3.05, 3.63) is 102 Å². The van der Waals surface area contributed by atoms with Crippen LogP contribution in [0.5, 0.6) is 11.5 Å². The molecule has 0 radical (unpaired) electrons. The topological polar surface area (TPSA) is 54.2 Å². The second-order valence-electron chi connectivity index (χ2n) is 6.69. The van der Waals surface area contributed by atoms with E-state index in [9.17, 15) is 5.11 Å². The van der Waals surface area contributed by atoms with Crippen LogP contribution in [0.15, 0.2) is 89.4 Å². The Balaban J connectivity index is 2.05. The maximum Gasteiger partial charge on any atom is 0.160 e. The van der Waals surface area contributed by atoms with Crippen LogP contribution in [-0.2, 0) is 0 Å². The summed E-state index contributed by atoms with van der Waals surface area (Å²) in [6, 6.07) is 22.9. The lowest BCUT2D eigenvalue weighted by Crippen LogP contribution is -2.05. The van der Waals surface area contributed by atoms with Gasteiger partial charge in [0.1, 0.15) is 11.5 Å². The summed E-state index contributed by atoms with van der Waals surface area (Å²) < 4.78 is 5.16. The zero-order chi connectivity index (χ0) is 20.8. The molecule has 4 nitrogen and oxygen atoms in total. The van der Waals surface area contributed by atoms with Crippen LogP contribution in [0.25, 0.3) is 5.70 Å². The van der Waals surface area contributed by atoms with Gasteiger partial charge in [-0.25, -0.2) is 9.98 Å². The number of aryl methyl sites for hydroxylation is 1. The van der Waals surface area contributed by atoms with Crippen molar-refractivity contribution in [3.63, 3.8) is 0 Å². The van der Waals surface area contributed by atoms with Gasteiger partial charge in [0.2, 0.25) is 0 Å². The van der Waals surface area contributed by atoms with Gasteiger partial charge >= 0.3 is 0 Å². The summed E-state index contributed by atoms with van der Waals surface area (Å²) in [5.41, 5.74) is 4.85. The maximum absolute atomic E-state index is 10.4. The van der Waals surface area contributed by atoms with E-state index in [1.165, 1.54) is 0 Å². The number of hydrogen-bond donors (Lipinski definition) is 1. The normalized spacial score (nSPS) is 12.0. The Morgan fingerprint density at radius 3 is 2.21 bits per heavy atom. The van der Waals surface area contributed by atoms with Gasteiger partial charge in [0.25, 0.3) is 0 Å². The van der Waals surface area contributed by atoms with E-state index in [0.29, 0.717) is 28.6 Å². The fourth-order valence-corrected chi connectivity index (χ4v) is 2.84. The van der Waals surface area contributed by atoms with E-state index in [1.807, 2.05) is 68.4 Å². The Hall–Kier alpha value is -3.66. The van der Waals surface area contributed by atoms with Crippen molar-refractivity contribution < 1.29 is 9.84 Å². The first-order valence-electron chi connectivity index (χ1n) is 9.30. The predicted molar refractivity (Wildman–Crippen MR) is 120 cm³/mol. The number of aromatic hydroxyl groups is 1. The monoisotopic (exact) mass is 384 g/mol. The molecule has 0 saturated carbocycles. The minimum Gasteiger partial charge on any atom is -0.507 e. The van der Waals surface area contributed by atoms with Crippen molar-refractivity contribution in [2.24, 2.45) is 9.98 Å². The zero-order valence-electron chi connectivity index (χ0n) is 16.9. The van der Waals surface area contributed by atoms with Crippen molar-refractivity contribution in [1.82, 2.24) is 0 Å². The third-order valence-corrected chi connectivity index (χ3v) is 4.53. The van der Waals surface area contributed by atoms with Gasteiger partial charge < -0.3 is 9.84 Å². The van der Waals surface area contributed by atoms with Gasteiger partial charge in [-0.1, -0.05) is 66.7 Å². The predicted octanol–water partition coefficient (Wildman–Crippen LogP) is 5.64. The first-order valence-corrected chi connectivity index (χ1v) is 9.30. The molecule has 0 aliphatic heterocycles. The van der Waals surface area contributed by atoms with Gasteiger partial charge in [0.15, 0.2) is 5.84 Å². The lowest BCUT2D eigenvalue weighted by Gasteiger charge is -2.09. The molecule has 29 heavy (non-hydrogen) atoms. The first kappa shape index (κ1) is 20.1. The average molecular weight is 384 g/mol. The molecule has 0 unspecified atom stereocenters. The number of phenolic OH excluding ortho intramolecular Hbond substituents is 1. The van der Waals surface area contributed by atoms with Crippen LogP contribution >= 0.6 is 0 Å². The van der Waals surface area contributed by atoms with Crippen LogP contribution in [0.2, 0.25) is 0 Å². The molecule has 3 rings (SSSR count). The first-order chi connectivity index (χ1) is 14.0. The molecule has 0 heterocycles. The Kier molecular flexibility index (Phi) is 6.25. The maximum atomic E-state index is 10.4. The van der Waals surface area contributed by atoms with Crippen molar-refractivity contribution in [2.75, 3.05) is 7.11 Å². The van der Waals surface area contributed by atoms with Crippen molar-refractivity contribution in [3.8, 4) is 11.5 Å². The Morgan fingerprint density at radius 2 is 1.59 bits per heavy atom. The molecular weight excluding hydrogens is 360 g/mol. The van der Waals surface area contributed by atoms with Crippen molar-refractivity contribution >= 4 is 17.2 Å². The molecule has 146 valence electrons. The molecule has 0 spiro atoms. The summed E-state index contributed by atoms with van der Waals surface area (Å²) in [7, 11) is 1.56. The van der Waals surface area contributed by atoms with Crippen LogP contribution < -0.4 is 4.74 Å². The van der Waals surface area contributed by atoms with E-state index in [4.69, 9.17) is 14.7 Å². The Bertz CT molecular complexity index is 1070. The number of phenols is 1. The Labute approximate surface area is 171 Å². The lowest BCUT2D eigenvalue weighted by molar-refractivity contribution is 0.407. The van der Waals surface area contributed by atoms with Crippen molar-refractivity contribution in [2.45, 2.75) is 13.8 Å². The molecule has 0 aromatic heterocycles. The van der Waals surface area contributed by atoms with E-state index in [1.54, 1.807) is 25.3 Å². The second-order valence-corrected chi connectivity index (χ2v) is 6.69. The molecule has 0 bridgehead atoms. The molecular formula is C25H24N2O2. The molecule has 4 heteroatoms. The van der Waals surface area contributed by atoms with Gasteiger partial charge in [-0.15, -0.1) is 0 Å².